The molecule has 1 N–H and O–H groups in total. The van der Waals surface area contributed by atoms with Gasteiger partial charge in [0.25, 0.3) is 0 Å². The first-order valence-electron chi connectivity index (χ1n) is 8.73. The molecule has 6 heteroatoms. The van der Waals surface area contributed by atoms with Gasteiger partial charge in [-0.25, -0.2) is 4.79 Å². The van der Waals surface area contributed by atoms with E-state index in [0.717, 1.165) is 16.6 Å². The third-order valence-corrected chi connectivity index (χ3v) is 4.72. The smallest absolute Gasteiger partial charge is 0.410 e. The normalized spacial score (nSPS) is 15.1. The van der Waals surface area contributed by atoms with Crippen molar-refractivity contribution in [3.8, 4) is 0 Å². The molecule has 0 saturated heterocycles. The maximum absolute atomic E-state index is 12.2. The number of nitrogens with zero attached hydrogens (tertiary/aromatic N) is 1. The van der Waals surface area contributed by atoms with Crippen LogP contribution in [0.3, 0.4) is 0 Å². The van der Waals surface area contributed by atoms with Gasteiger partial charge in [0.2, 0.25) is 0 Å². The van der Waals surface area contributed by atoms with Crippen LogP contribution >= 0.6 is 0 Å². The Balaban J connectivity index is 2.02. The van der Waals surface area contributed by atoms with E-state index in [1.165, 1.54) is 0 Å². The average molecular weight is 347 g/mol. The van der Waals surface area contributed by atoms with Gasteiger partial charge in [-0.3, -0.25) is 4.90 Å². The largest absolute Gasteiger partial charge is 0.444 e. The van der Waals surface area contributed by atoms with Crippen LogP contribution in [-0.4, -0.2) is 40.4 Å². The summed E-state index contributed by atoms with van der Waals surface area (Å²) in [6.07, 6.45) is -0.287. The summed E-state index contributed by atoms with van der Waals surface area (Å²) in [5.74, 6) is 0. The number of rotatable bonds is 4. The van der Waals surface area contributed by atoms with Gasteiger partial charge in [-0.2, -0.15) is 0 Å². The van der Waals surface area contributed by atoms with Crippen LogP contribution in [0.5, 0.6) is 0 Å². The van der Waals surface area contributed by atoms with Crippen molar-refractivity contribution in [1.82, 2.24) is 4.90 Å². The third-order valence-electron chi connectivity index (χ3n) is 4.72. The van der Waals surface area contributed by atoms with Crippen LogP contribution in [0.15, 0.2) is 18.2 Å². The molecule has 1 aliphatic heterocycles. The molecule has 0 atom stereocenters. The minimum absolute atomic E-state index is 0.287. The molecule has 1 aromatic rings. The number of amides is 1. The SMILES string of the molecule is CC(C)(C)OC(=O)N1Cc2ccc(BOC(C)(C)C(C)(C)O)cc2C1. The van der Waals surface area contributed by atoms with E-state index in [1.807, 2.05) is 46.8 Å². The second-order valence-electron chi connectivity index (χ2n) is 8.80. The molecule has 0 bridgehead atoms. The maximum Gasteiger partial charge on any atom is 0.410 e. The molecular formula is C19H30BNO4. The van der Waals surface area contributed by atoms with E-state index < -0.39 is 16.8 Å². The molecule has 138 valence electrons. The highest BCUT2D eigenvalue weighted by Crippen LogP contribution is 2.26. The maximum atomic E-state index is 12.2. The van der Waals surface area contributed by atoms with Gasteiger partial charge in [-0.1, -0.05) is 23.7 Å². The van der Waals surface area contributed by atoms with Gasteiger partial charge in [0, 0.05) is 13.1 Å². The van der Waals surface area contributed by atoms with Gasteiger partial charge in [-0.15, -0.1) is 0 Å². The molecule has 0 saturated carbocycles. The second kappa shape index (κ2) is 6.65. The highest BCUT2D eigenvalue weighted by molar-refractivity contribution is 6.47. The molecule has 0 aliphatic carbocycles. The lowest BCUT2D eigenvalue weighted by atomic mass is 9.82. The summed E-state index contributed by atoms with van der Waals surface area (Å²) < 4.78 is 11.4. The van der Waals surface area contributed by atoms with E-state index >= 15 is 0 Å². The number of hydrogen-bond donors (Lipinski definition) is 1. The number of ether oxygens (including phenoxy) is 1. The molecule has 0 aromatic heterocycles. The average Bonchev–Trinajstić information content (AvgIpc) is 2.85. The monoisotopic (exact) mass is 347 g/mol. The topological polar surface area (TPSA) is 59.0 Å². The summed E-state index contributed by atoms with van der Waals surface area (Å²) >= 11 is 0. The van der Waals surface area contributed by atoms with Gasteiger partial charge < -0.3 is 14.5 Å². The quantitative estimate of drug-likeness (QED) is 0.851. The second-order valence-corrected chi connectivity index (χ2v) is 8.80. The van der Waals surface area contributed by atoms with Crippen molar-refractivity contribution in [2.45, 2.75) is 78.4 Å². The Kier molecular flexibility index (Phi) is 5.27. The molecule has 0 spiro atoms. The minimum Gasteiger partial charge on any atom is -0.444 e. The van der Waals surface area contributed by atoms with Crippen LogP contribution in [0.4, 0.5) is 4.79 Å². The summed E-state index contributed by atoms with van der Waals surface area (Å²) in [6.45, 7) is 14.0. The Morgan fingerprint density at radius 3 is 2.24 bits per heavy atom. The first kappa shape index (κ1) is 19.8. The molecule has 1 amide bonds. The molecule has 1 aliphatic rings. The zero-order valence-electron chi connectivity index (χ0n) is 16.5. The van der Waals surface area contributed by atoms with Crippen molar-refractivity contribution in [2.75, 3.05) is 0 Å². The highest BCUT2D eigenvalue weighted by Gasteiger charge is 2.36. The molecule has 1 heterocycles. The summed E-state index contributed by atoms with van der Waals surface area (Å²) in [6, 6.07) is 6.12. The lowest BCUT2D eigenvalue weighted by molar-refractivity contribution is -0.0893. The molecule has 0 unspecified atom stereocenters. The zero-order valence-corrected chi connectivity index (χ0v) is 16.5. The Labute approximate surface area is 151 Å². The van der Waals surface area contributed by atoms with Crippen molar-refractivity contribution in [1.29, 1.82) is 0 Å². The minimum atomic E-state index is -0.933. The fourth-order valence-corrected chi connectivity index (χ4v) is 2.43. The fourth-order valence-electron chi connectivity index (χ4n) is 2.43. The van der Waals surface area contributed by atoms with Crippen molar-refractivity contribution in [2.24, 2.45) is 0 Å². The molecule has 1 aromatic carbocycles. The highest BCUT2D eigenvalue weighted by atomic mass is 16.6. The number of aliphatic hydroxyl groups is 1. The van der Waals surface area contributed by atoms with Crippen molar-refractivity contribution in [3.05, 3.63) is 29.3 Å². The predicted octanol–water partition coefficient (Wildman–Crippen LogP) is 2.48. The summed E-state index contributed by atoms with van der Waals surface area (Å²) in [5, 5.41) is 10.2. The molecule has 25 heavy (non-hydrogen) atoms. The Morgan fingerprint density at radius 2 is 1.68 bits per heavy atom. The van der Waals surface area contributed by atoms with Gasteiger partial charge in [0.1, 0.15) is 5.60 Å². The summed E-state index contributed by atoms with van der Waals surface area (Å²) in [7, 11) is 0.413. The Morgan fingerprint density at radius 1 is 1.08 bits per heavy atom. The molecule has 0 fully saturated rings. The van der Waals surface area contributed by atoms with Gasteiger partial charge in [0.15, 0.2) is 0 Å². The van der Waals surface area contributed by atoms with E-state index in [9.17, 15) is 9.90 Å². The van der Waals surface area contributed by atoms with Crippen LogP contribution in [0.25, 0.3) is 0 Å². The summed E-state index contributed by atoms with van der Waals surface area (Å²) in [4.78, 5) is 13.9. The first-order valence-corrected chi connectivity index (χ1v) is 8.73. The van der Waals surface area contributed by atoms with E-state index in [0.29, 0.717) is 20.6 Å². The molecular weight excluding hydrogens is 317 g/mol. The van der Waals surface area contributed by atoms with Crippen LogP contribution in [-0.2, 0) is 22.5 Å². The number of carbonyl (C=O) groups is 1. The van der Waals surface area contributed by atoms with E-state index in [-0.39, 0.29) is 6.09 Å². The number of hydrogen-bond acceptors (Lipinski definition) is 4. The molecule has 2 rings (SSSR count). The van der Waals surface area contributed by atoms with E-state index in [1.54, 1.807) is 18.7 Å². The lowest BCUT2D eigenvalue weighted by Gasteiger charge is -2.37. The summed E-state index contributed by atoms with van der Waals surface area (Å²) in [5.41, 5.74) is 1.20. The van der Waals surface area contributed by atoms with E-state index in [2.05, 4.69) is 6.07 Å². The zero-order chi connectivity index (χ0) is 19.0. The number of benzene rings is 1. The van der Waals surface area contributed by atoms with Crippen LogP contribution in [0.1, 0.15) is 59.6 Å². The van der Waals surface area contributed by atoms with Crippen molar-refractivity contribution >= 4 is 19.0 Å². The lowest BCUT2D eigenvalue weighted by Crippen LogP contribution is -2.49. The van der Waals surface area contributed by atoms with Crippen LogP contribution in [0.2, 0.25) is 0 Å². The molecule has 5 nitrogen and oxygen atoms in total. The Bertz CT molecular complexity index is 644. The van der Waals surface area contributed by atoms with Gasteiger partial charge in [-0.05, 0) is 59.6 Å². The Hall–Kier alpha value is -1.53. The van der Waals surface area contributed by atoms with Crippen molar-refractivity contribution < 1.29 is 19.3 Å². The van der Waals surface area contributed by atoms with Gasteiger partial charge in [0.05, 0.1) is 11.2 Å². The molecule has 0 radical (unpaired) electrons. The van der Waals surface area contributed by atoms with Crippen LogP contribution < -0.4 is 5.46 Å². The first-order chi connectivity index (χ1) is 11.3. The third kappa shape index (κ3) is 4.99. The number of carbonyl (C=O) groups excluding carboxylic acids is 1. The van der Waals surface area contributed by atoms with Crippen LogP contribution in [0, 0.1) is 0 Å². The van der Waals surface area contributed by atoms with Crippen molar-refractivity contribution in [3.63, 3.8) is 0 Å². The fraction of sp³-hybridized carbons (Fsp3) is 0.632. The standard InChI is InChI=1S/C19H30BNO4/c1-17(2,3)24-16(22)21-11-13-8-9-15(10-14(13)12-21)20-25-19(6,7)18(4,5)23/h8-10,20,23H,11-12H2,1-7H3. The predicted molar refractivity (Wildman–Crippen MR) is 100 cm³/mol. The van der Waals surface area contributed by atoms with E-state index in [4.69, 9.17) is 9.39 Å². The van der Waals surface area contributed by atoms with Gasteiger partial charge >= 0.3 is 13.6 Å². The number of fused-ring (bicyclic) bond motifs is 1.